The molecular weight excluding hydrogens is 264 g/mol. The molecule has 0 radical (unpaired) electrons. The summed E-state index contributed by atoms with van der Waals surface area (Å²) in [6.45, 7) is 1.28. The summed E-state index contributed by atoms with van der Waals surface area (Å²) in [5.74, 6) is 0.676. The number of hydrogen-bond donors (Lipinski definition) is 3. The molecule has 0 saturated carbocycles. The minimum absolute atomic E-state index is 0.0456. The van der Waals surface area contributed by atoms with Gasteiger partial charge in [0, 0.05) is 6.54 Å². The van der Waals surface area contributed by atoms with Crippen molar-refractivity contribution in [1.29, 1.82) is 0 Å². The number of furan rings is 1. The molecule has 0 saturated heterocycles. The smallest absolute Gasteiger partial charge is 0.253 e. The van der Waals surface area contributed by atoms with E-state index in [1.807, 2.05) is 0 Å². The number of aliphatic hydroxyl groups is 1. The van der Waals surface area contributed by atoms with Gasteiger partial charge in [0.2, 0.25) is 0 Å². The Bertz CT molecular complexity index is 599. The third kappa shape index (κ3) is 3.25. The third-order valence-corrected chi connectivity index (χ3v) is 2.71. The van der Waals surface area contributed by atoms with E-state index in [-0.39, 0.29) is 24.6 Å². The Balaban J connectivity index is 1.85. The van der Waals surface area contributed by atoms with Gasteiger partial charge in [-0.1, -0.05) is 0 Å². The van der Waals surface area contributed by atoms with Gasteiger partial charge in [-0.05, 0) is 12.1 Å². The molecule has 0 unspecified atom stereocenters. The SMILES string of the molecule is O=c1c(NCCOCCO)c(NCc2ccco2)c1=O. The van der Waals surface area contributed by atoms with Gasteiger partial charge in [-0.3, -0.25) is 9.59 Å². The van der Waals surface area contributed by atoms with Crippen LogP contribution in [0.4, 0.5) is 11.4 Å². The maximum Gasteiger partial charge on any atom is 0.253 e. The maximum absolute atomic E-state index is 11.5. The number of aliphatic hydroxyl groups excluding tert-OH is 1. The van der Waals surface area contributed by atoms with Crippen LogP contribution in [0.3, 0.4) is 0 Å². The second-order valence-corrected chi connectivity index (χ2v) is 4.10. The molecule has 3 N–H and O–H groups in total. The Labute approximate surface area is 114 Å². The molecule has 0 amide bonds. The summed E-state index contributed by atoms with van der Waals surface area (Å²) in [5, 5.41) is 14.3. The molecular formula is C13H16N2O5. The summed E-state index contributed by atoms with van der Waals surface area (Å²) in [7, 11) is 0. The fraction of sp³-hybridized carbons (Fsp3) is 0.385. The monoisotopic (exact) mass is 280 g/mol. The molecule has 1 aromatic heterocycles. The average molecular weight is 280 g/mol. The number of nitrogens with one attached hydrogen (secondary N) is 2. The first-order valence-electron chi connectivity index (χ1n) is 6.26. The van der Waals surface area contributed by atoms with E-state index in [1.54, 1.807) is 12.1 Å². The summed E-state index contributed by atoms with van der Waals surface area (Å²) < 4.78 is 10.2. The minimum atomic E-state index is -0.533. The van der Waals surface area contributed by atoms with E-state index in [2.05, 4.69) is 10.6 Å². The zero-order valence-corrected chi connectivity index (χ0v) is 10.8. The molecule has 0 bridgehead atoms. The number of anilines is 2. The Morgan fingerprint density at radius 2 is 1.90 bits per heavy atom. The molecule has 2 rings (SSSR count). The molecule has 7 heteroatoms. The molecule has 0 aliphatic rings. The lowest BCUT2D eigenvalue weighted by Crippen LogP contribution is -2.37. The van der Waals surface area contributed by atoms with Crippen molar-refractivity contribution in [2.45, 2.75) is 6.54 Å². The normalized spacial score (nSPS) is 10.8. The lowest BCUT2D eigenvalue weighted by Gasteiger charge is -2.14. The van der Waals surface area contributed by atoms with Gasteiger partial charge in [0.05, 0.1) is 32.6 Å². The van der Waals surface area contributed by atoms with Crippen molar-refractivity contribution in [3.05, 3.63) is 44.6 Å². The standard InChI is InChI=1S/C13H16N2O5/c16-4-7-19-6-3-14-10-11(13(18)12(10)17)15-8-9-2-1-5-20-9/h1-2,5,14-16H,3-4,6-8H2. The number of ether oxygens (including phenoxy) is 1. The summed E-state index contributed by atoms with van der Waals surface area (Å²) in [6.07, 6.45) is 1.54. The first-order valence-corrected chi connectivity index (χ1v) is 6.26. The fourth-order valence-corrected chi connectivity index (χ4v) is 1.73. The molecule has 1 aromatic carbocycles. The molecule has 0 atom stereocenters. The highest BCUT2D eigenvalue weighted by atomic mass is 16.5. The van der Waals surface area contributed by atoms with Gasteiger partial charge in [0.1, 0.15) is 17.1 Å². The van der Waals surface area contributed by atoms with Crippen LogP contribution in [0.25, 0.3) is 0 Å². The molecule has 1 heterocycles. The Hall–Kier alpha value is -2.12. The molecule has 0 aliphatic carbocycles. The zero-order chi connectivity index (χ0) is 14.4. The Morgan fingerprint density at radius 1 is 1.15 bits per heavy atom. The van der Waals surface area contributed by atoms with E-state index in [4.69, 9.17) is 14.3 Å². The van der Waals surface area contributed by atoms with Gasteiger partial charge >= 0.3 is 0 Å². The lowest BCUT2D eigenvalue weighted by atomic mass is 10.2. The van der Waals surface area contributed by atoms with E-state index in [9.17, 15) is 9.59 Å². The van der Waals surface area contributed by atoms with Gasteiger partial charge in [-0.2, -0.15) is 0 Å². The van der Waals surface area contributed by atoms with E-state index < -0.39 is 10.9 Å². The van der Waals surface area contributed by atoms with Crippen molar-refractivity contribution in [3.8, 4) is 0 Å². The molecule has 0 fully saturated rings. The molecule has 108 valence electrons. The van der Waals surface area contributed by atoms with E-state index in [0.717, 1.165) is 0 Å². The third-order valence-electron chi connectivity index (χ3n) is 2.71. The topological polar surface area (TPSA) is 101 Å². The van der Waals surface area contributed by atoms with Crippen LogP contribution in [-0.4, -0.2) is 31.5 Å². The Kier molecular flexibility index (Phi) is 4.91. The first-order chi connectivity index (χ1) is 9.74. The summed E-state index contributed by atoms with van der Waals surface area (Å²) in [5.41, 5.74) is -0.521. The van der Waals surface area contributed by atoms with Crippen LogP contribution in [0.1, 0.15) is 5.76 Å². The molecule has 0 spiro atoms. The highest BCUT2D eigenvalue weighted by Gasteiger charge is 2.20. The average Bonchev–Trinajstić information content (AvgIpc) is 2.97. The maximum atomic E-state index is 11.5. The quantitative estimate of drug-likeness (QED) is 0.436. The largest absolute Gasteiger partial charge is 0.467 e. The van der Waals surface area contributed by atoms with Crippen LogP contribution in [-0.2, 0) is 11.3 Å². The summed E-state index contributed by atoms with van der Waals surface area (Å²) >= 11 is 0. The summed E-state index contributed by atoms with van der Waals surface area (Å²) in [4.78, 5) is 22.9. The van der Waals surface area contributed by atoms with Gasteiger partial charge in [0.15, 0.2) is 0 Å². The van der Waals surface area contributed by atoms with E-state index in [1.165, 1.54) is 6.26 Å². The van der Waals surface area contributed by atoms with Gasteiger partial charge in [0.25, 0.3) is 10.9 Å². The van der Waals surface area contributed by atoms with Crippen LogP contribution >= 0.6 is 0 Å². The molecule has 20 heavy (non-hydrogen) atoms. The highest BCUT2D eigenvalue weighted by Crippen LogP contribution is 2.15. The highest BCUT2D eigenvalue weighted by molar-refractivity contribution is 5.73. The fourth-order valence-electron chi connectivity index (χ4n) is 1.73. The number of rotatable bonds is 9. The number of hydrogen-bond acceptors (Lipinski definition) is 7. The van der Waals surface area contributed by atoms with Crippen LogP contribution in [0, 0.1) is 0 Å². The molecule has 7 nitrogen and oxygen atoms in total. The Morgan fingerprint density at radius 3 is 2.55 bits per heavy atom. The van der Waals surface area contributed by atoms with E-state index in [0.29, 0.717) is 25.5 Å². The summed E-state index contributed by atoms with van der Waals surface area (Å²) in [6, 6.07) is 3.52. The minimum Gasteiger partial charge on any atom is -0.467 e. The van der Waals surface area contributed by atoms with Gasteiger partial charge in [-0.15, -0.1) is 0 Å². The van der Waals surface area contributed by atoms with Crippen molar-refractivity contribution in [2.75, 3.05) is 37.0 Å². The van der Waals surface area contributed by atoms with Crippen LogP contribution in [0.2, 0.25) is 0 Å². The van der Waals surface area contributed by atoms with Crippen molar-refractivity contribution in [1.82, 2.24) is 0 Å². The molecule has 2 aromatic rings. The predicted octanol–water partition coefficient (Wildman–Crippen LogP) is -0.0915. The second-order valence-electron chi connectivity index (χ2n) is 4.10. The molecule has 0 aliphatic heterocycles. The van der Waals surface area contributed by atoms with Crippen molar-refractivity contribution >= 4 is 11.4 Å². The van der Waals surface area contributed by atoms with Gasteiger partial charge < -0.3 is 24.9 Å². The zero-order valence-electron chi connectivity index (χ0n) is 10.8. The second kappa shape index (κ2) is 6.88. The van der Waals surface area contributed by atoms with Crippen LogP contribution < -0.4 is 21.5 Å². The van der Waals surface area contributed by atoms with Crippen molar-refractivity contribution < 1.29 is 14.3 Å². The first kappa shape index (κ1) is 14.3. The van der Waals surface area contributed by atoms with Crippen molar-refractivity contribution in [2.24, 2.45) is 0 Å². The predicted molar refractivity (Wildman–Crippen MR) is 73.8 cm³/mol. The van der Waals surface area contributed by atoms with Crippen LogP contribution in [0.5, 0.6) is 0 Å². The lowest BCUT2D eigenvalue weighted by molar-refractivity contribution is 0.0992. The van der Waals surface area contributed by atoms with E-state index >= 15 is 0 Å². The van der Waals surface area contributed by atoms with Crippen LogP contribution in [0.15, 0.2) is 32.4 Å². The van der Waals surface area contributed by atoms with Gasteiger partial charge in [-0.25, -0.2) is 0 Å². The van der Waals surface area contributed by atoms with Crippen molar-refractivity contribution in [3.63, 3.8) is 0 Å².